The highest BCUT2D eigenvalue weighted by Gasteiger charge is 2.28. The molecule has 1 saturated heterocycles. The van der Waals surface area contributed by atoms with Gasteiger partial charge in [-0.25, -0.2) is 0 Å². The Kier molecular flexibility index (Phi) is 4.43. The largest absolute Gasteiger partial charge is 0.497 e. The number of aromatic nitrogens is 2. The second-order valence-corrected chi connectivity index (χ2v) is 6.11. The molecule has 1 aromatic heterocycles. The van der Waals surface area contributed by atoms with Crippen LogP contribution in [0.25, 0.3) is 0 Å². The number of benzene rings is 1. The standard InChI is InChI=1S/C17H23N3O2/c1-12(2)17-18-16(22-19-17)11-20-9-5-8-15(20)13-6-4-7-14(10-13)21-3/h4,6-7,10,12,15H,5,8-9,11H2,1-3H3. The summed E-state index contributed by atoms with van der Waals surface area (Å²) in [5.74, 6) is 2.69. The summed E-state index contributed by atoms with van der Waals surface area (Å²) in [6.07, 6.45) is 2.34. The zero-order chi connectivity index (χ0) is 15.5. The summed E-state index contributed by atoms with van der Waals surface area (Å²) in [4.78, 5) is 6.90. The van der Waals surface area contributed by atoms with Gasteiger partial charge < -0.3 is 9.26 Å². The molecular weight excluding hydrogens is 278 g/mol. The minimum atomic E-state index is 0.297. The number of nitrogens with zero attached hydrogens (tertiary/aromatic N) is 3. The third-order valence-corrected chi connectivity index (χ3v) is 4.18. The maximum Gasteiger partial charge on any atom is 0.240 e. The van der Waals surface area contributed by atoms with E-state index in [0.29, 0.717) is 24.4 Å². The molecule has 1 aliphatic rings. The first-order chi connectivity index (χ1) is 10.7. The molecule has 0 amide bonds. The van der Waals surface area contributed by atoms with Gasteiger partial charge in [0.2, 0.25) is 5.89 Å². The van der Waals surface area contributed by atoms with Crippen LogP contribution in [-0.2, 0) is 6.54 Å². The molecule has 2 aromatic rings. The summed E-state index contributed by atoms with van der Waals surface area (Å²) in [6, 6.07) is 8.71. The molecule has 1 aromatic carbocycles. The average molecular weight is 301 g/mol. The van der Waals surface area contributed by atoms with Crippen molar-refractivity contribution >= 4 is 0 Å². The van der Waals surface area contributed by atoms with Gasteiger partial charge in [-0.3, -0.25) is 4.90 Å². The molecule has 0 radical (unpaired) electrons. The van der Waals surface area contributed by atoms with Crippen LogP contribution in [0.15, 0.2) is 28.8 Å². The number of hydrogen-bond acceptors (Lipinski definition) is 5. The molecule has 1 unspecified atom stereocenters. The van der Waals surface area contributed by atoms with Gasteiger partial charge in [0.1, 0.15) is 5.75 Å². The summed E-state index contributed by atoms with van der Waals surface area (Å²) < 4.78 is 10.7. The third-order valence-electron chi connectivity index (χ3n) is 4.18. The zero-order valence-electron chi connectivity index (χ0n) is 13.5. The number of methoxy groups -OCH3 is 1. The predicted octanol–water partition coefficient (Wildman–Crippen LogP) is 3.54. The molecule has 3 rings (SSSR count). The molecular formula is C17H23N3O2. The van der Waals surface area contributed by atoms with Gasteiger partial charge in [0, 0.05) is 12.0 Å². The average Bonchev–Trinajstić information content (AvgIpc) is 3.17. The lowest BCUT2D eigenvalue weighted by atomic mass is 10.0. The van der Waals surface area contributed by atoms with Gasteiger partial charge in [0.05, 0.1) is 13.7 Å². The molecule has 2 heterocycles. The molecule has 1 fully saturated rings. The highest BCUT2D eigenvalue weighted by atomic mass is 16.5. The van der Waals surface area contributed by atoms with Crippen molar-refractivity contribution in [3.63, 3.8) is 0 Å². The van der Waals surface area contributed by atoms with Crippen molar-refractivity contribution in [3.8, 4) is 5.75 Å². The summed E-state index contributed by atoms with van der Waals surface area (Å²) >= 11 is 0. The van der Waals surface area contributed by atoms with Crippen LogP contribution in [-0.4, -0.2) is 28.7 Å². The van der Waals surface area contributed by atoms with Gasteiger partial charge in [-0.15, -0.1) is 0 Å². The highest BCUT2D eigenvalue weighted by Crippen LogP contribution is 2.34. The van der Waals surface area contributed by atoms with Crippen LogP contribution in [0.2, 0.25) is 0 Å². The Morgan fingerprint density at radius 2 is 2.27 bits per heavy atom. The number of rotatable bonds is 5. The van der Waals surface area contributed by atoms with E-state index in [-0.39, 0.29) is 0 Å². The highest BCUT2D eigenvalue weighted by molar-refractivity contribution is 5.31. The molecule has 0 aliphatic carbocycles. The number of likely N-dealkylation sites (tertiary alicyclic amines) is 1. The fraction of sp³-hybridized carbons (Fsp3) is 0.529. The smallest absolute Gasteiger partial charge is 0.240 e. The van der Waals surface area contributed by atoms with Crippen LogP contribution in [0.4, 0.5) is 0 Å². The van der Waals surface area contributed by atoms with E-state index in [2.05, 4.69) is 41.0 Å². The zero-order valence-corrected chi connectivity index (χ0v) is 13.5. The predicted molar refractivity (Wildman–Crippen MR) is 83.8 cm³/mol. The minimum Gasteiger partial charge on any atom is -0.497 e. The monoisotopic (exact) mass is 301 g/mol. The Labute approximate surface area is 131 Å². The first-order valence-corrected chi connectivity index (χ1v) is 7.88. The molecule has 0 N–H and O–H groups in total. The van der Waals surface area contributed by atoms with E-state index < -0.39 is 0 Å². The van der Waals surface area contributed by atoms with Crippen LogP contribution in [0.5, 0.6) is 5.75 Å². The van der Waals surface area contributed by atoms with E-state index >= 15 is 0 Å². The molecule has 0 saturated carbocycles. The molecule has 0 spiro atoms. The molecule has 118 valence electrons. The lowest BCUT2D eigenvalue weighted by molar-refractivity contribution is 0.212. The van der Waals surface area contributed by atoms with Crippen LogP contribution in [0, 0.1) is 0 Å². The molecule has 22 heavy (non-hydrogen) atoms. The molecule has 0 bridgehead atoms. The lowest BCUT2D eigenvalue weighted by Crippen LogP contribution is -2.23. The van der Waals surface area contributed by atoms with Crippen molar-refractivity contribution in [1.29, 1.82) is 0 Å². The SMILES string of the molecule is COc1cccc(C2CCCN2Cc2nc(C(C)C)no2)c1. The first-order valence-electron chi connectivity index (χ1n) is 7.88. The Hall–Kier alpha value is -1.88. The first kappa shape index (κ1) is 15.0. The van der Waals surface area contributed by atoms with Gasteiger partial charge in [0.15, 0.2) is 5.82 Å². The summed E-state index contributed by atoms with van der Waals surface area (Å²) in [7, 11) is 1.71. The minimum absolute atomic E-state index is 0.297. The summed E-state index contributed by atoms with van der Waals surface area (Å²) in [5, 5.41) is 4.05. The van der Waals surface area contributed by atoms with E-state index in [1.165, 1.54) is 12.0 Å². The topological polar surface area (TPSA) is 51.4 Å². The van der Waals surface area contributed by atoms with Crippen molar-refractivity contribution in [2.24, 2.45) is 0 Å². The Balaban J connectivity index is 1.74. The van der Waals surface area contributed by atoms with Crippen molar-refractivity contribution in [3.05, 3.63) is 41.5 Å². The molecule has 5 heteroatoms. The third kappa shape index (κ3) is 3.14. The lowest BCUT2D eigenvalue weighted by Gasteiger charge is -2.23. The van der Waals surface area contributed by atoms with Gasteiger partial charge >= 0.3 is 0 Å². The van der Waals surface area contributed by atoms with Crippen LogP contribution >= 0.6 is 0 Å². The molecule has 5 nitrogen and oxygen atoms in total. The van der Waals surface area contributed by atoms with Crippen LogP contribution in [0.3, 0.4) is 0 Å². The Bertz CT molecular complexity index is 624. The van der Waals surface area contributed by atoms with E-state index in [0.717, 1.165) is 24.5 Å². The Morgan fingerprint density at radius 3 is 3.00 bits per heavy atom. The van der Waals surface area contributed by atoms with Crippen LogP contribution < -0.4 is 4.74 Å². The maximum atomic E-state index is 5.39. The number of hydrogen-bond donors (Lipinski definition) is 0. The molecule has 1 aliphatic heterocycles. The Morgan fingerprint density at radius 1 is 1.41 bits per heavy atom. The van der Waals surface area contributed by atoms with Gasteiger partial charge in [-0.2, -0.15) is 4.98 Å². The van der Waals surface area contributed by atoms with Gasteiger partial charge in [-0.1, -0.05) is 31.1 Å². The van der Waals surface area contributed by atoms with E-state index in [9.17, 15) is 0 Å². The fourth-order valence-electron chi connectivity index (χ4n) is 2.98. The van der Waals surface area contributed by atoms with Gasteiger partial charge in [-0.05, 0) is 37.1 Å². The van der Waals surface area contributed by atoms with Crippen molar-refractivity contribution in [2.45, 2.75) is 45.2 Å². The normalized spacial score (nSPS) is 19.0. The molecule has 1 atom stereocenters. The quantitative estimate of drug-likeness (QED) is 0.845. The summed E-state index contributed by atoms with van der Waals surface area (Å²) in [6.45, 7) is 5.91. The fourth-order valence-corrected chi connectivity index (χ4v) is 2.98. The number of ether oxygens (including phenoxy) is 1. The van der Waals surface area contributed by atoms with E-state index in [1.807, 2.05) is 12.1 Å². The van der Waals surface area contributed by atoms with E-state index in [4.69, 9.17) is 9.26 Å². The van der Waals surface area contributed by atoms with Gasteiger partial charge in [0.25, 0.3) is 0 Å². The van der Waals surface area contributed by atoms with Crippen LogP contribution in [0.1, 0.15) is 55.9 Å². The summed E-state index contributed by atoms with van der Waals surface area (Å²) in [5.41, 5.74) is 1.29. The van der Waals surface area contributed by atoms with Crippen molar-refractivity contribution in [1.82, 2.24) is 15.0 Å². The maximum absolute atomic E-state index is 5.39. The van der Waals surface area contributed by atoms with Crippen molar-refractivity contribution < 1.29 is 9.26 Å². The second kappa shape index (κ2) is 6.48. The van der Waals surface area contributed by atoms with Crippen molar-refractivity contribution in [2.75, 3.05) is 13.7 Å². The van der Waals surface area contributed by atoms with E-state index in [1.54, 1.807) is 7.11 Å². The second-order valence-electron chi connectivity index (χ2n) is 6.11.